The Hall–Kier alpha value is -1.07. The first-order chi connectivity index (χ1) is 8.22. The molecule has 0 aromatic carbocycles. The minimum atomic E-state index is 0.327. The van der Waals surface area contributed by atoms with Gasteiger partial charge in [0, 0.05) is 13.1 Å². The van der Waals surface area contributed by atoms with E-state index >= 15 is 0 Å². The van der Waals surface area contributed by atoms with Gasteiger partial charge in [0.2, 0.25) is 0 Å². The third-order valence-corrected chi connectivity index (χ3v) is 2.85. The van der Waals surface area contributed by atoms with Crippen molar-refractivity contribution in [1.82, 2.24) is 14.9 Å². The number of aromatic nitrogens is 2. The van der Waals surface area contributed by atoms with Crippen LogP contribution in [0, 0.1) is 0 Å². The molecule has 1 aromatic rings. The molecule has 6 heteroatoms. The van der Waals surface area contributed by atoms with Crippen LogP contribution in [0.4, 0.5) is 5.82 Å². The van der Waals surface area contributed by atoms with Crippen molar-refractivity contribution in [2.75, 3.05) is 38.6 Å². The van der Waals surface area contributed by atoms with Crippen molar-refractivity contribution in [3.63, 3.8) is 0 Å². The first-order valence-corrected chi connectivity index (χ1v) is 6.11. The molecule has 1 aromatic heterocycles. The number of anilines is 1. The maximum Gasteiger partial charge on any atom is 0.198 e. The maximum absolute atomic E-state index is 5.90. The van der Waals surface area contributed by atoms with Gasteiger partial charge >= 0.3 is 0 Å². The smallest absolute Gasteiger partial charge is 0.198 e. The highest BCUT2D eigenvalue weighted by Crippen LogP contribution is 2.27. The van der Waals surface area contributed by atoms with Gasteiger partial charge in [0.25, 0.3) is 0 Å². The van der Waals surface area contributed by atoms with Gasteiger partial charge in [-0.3, -0.25) is 0 Å². The average molecular weight is 259 g/mol. The summed E-state index contributed by atoms with van der Waals surface area (Å²) in [5.74, 6) is 1.13. The summed E-state index contributed by atoms with van der Waals surface area (Å²) >= 11 is 5.90. The molecular weight excluding hydrogens is 240 g/mol. The van der Waals surface area contributed by atoms with Crippen molar-refractivity contribution < 1.29 is 4.74 Å². The number of nitrogens with zero attached hydrogens (tertiary/aromatic N) is 3. The SMILES string of the molecule is CCN(CC)CCNc1ncnc(Cl)c1OC. The molecule has 0 aliphatic carbocycles. The van der Waals surface area contributed by atoms with Crippen LogP contribution in [0.15, 0.2) is 6.33 Å². The molecule has 0 unspecified atom stereocenters. The van der Waals surface area contributed by atoms with Crippen molar-refractivity contribution in [1.29, 1.82) is 0 Å². The highest BCUT2D eigenvalue weighted by atomic mass is 35.5. The van der Waals surface area contributed by atoms with Gasteiger partial charge in [0.1, 0.15) is 6.33 Å². The Kier molecular flexibility index (Phi) is 6.00. The van der Waals surface area contributed by atoms with E-state index in [1.54, 1.807) is 7.11 Å². The number of methoxy groups -OCH3 is 1. The molecule has 0 bridgehead atoms. The molecule has 0 atom stereocenters. The van der Waals surface area contributed by atoms with E-state index in [1.165, 1.54) is 6.33 Å². The lowest BCUT2D eigenvalue weighted by atomic mass is 10.4. The van der Waals surface area contributed by atoms with Crippen LogP contribution in [0.1, 0.15) is 13.8 Å². The molecule has 0 fully saturated rings. The Labute approximate surface area is 107 Å². The summed E-state index contributed by atoms with van der Waals surface area (Å²) in [6, 6.07) is 0. The summed E-state index contributed by atoms with van der Waals surface area (Å²) in [6.07, 6.45) is 1.42. The van der Waals surface area contributed by atoms with E-state index in [1.807, 2.05) is 0 Å². The maximum atomic E-state index is 5.90. The number of likely N-dealkylation sites (N-methyl/N-ethyl adjacent to an activating group) is 1. The summed E-state index contributed by atoms with van der Waals surface area (Å²) in [7, 11) is 1.56. The first-order valence-electron chi connectivity index (χ1n) is 5.73. The quantitative estimate of drug-likeness (QED) is 0.757. The van der Waals surface area contributed by atoms with Gasteiger partial charge in [0.15, 0.2) is 16.7 Å². The molecule has 17 heavy (non-hydrogen) atoms. The van der Waals surface area contributed by atoms with Gasteiger partial charge in [-0.2, -0.15) is 0 Å². The van der Waals surface area contributed by atoms with Crippen molar-refractivity contribution in [2.45, 2.75) is 13.8 Å². The van der Waals surface area contributed by atoms with Crippen molar-refractivity contribution in [3.05, 3.63) is 11.5 Å². The van der Waals surface area contributed by atoms with E-state index in [2.05, 4.69) is 34.0 Å². The van der Waals surface area contributed by atoms with E-state index in [0.29, 0.717) is 16.7 Å². The van der Waals surface area contributed by atoms with E-state index in [-0.39, 0.29) is 0 Å². The second kappa shape index (κ2) is 7.29. The van der Waals surface area contributed by atoms with Crippen LogP contribution >= 0.6 is 11.6 Å². The van der Waals surface area contributed by atoms with Crippen LogP contribution in [0.3, 0.4) is 0 Å². The molecule has 0 amide bonds. The number of ether oxygens (including phenoxy) is 1. The van der Waals surface area contributed by atoms with E-state index in [0.717, 1.165) is 26.2 Å². The topological polar surface area (TPSA) is 50.3 Å². The van der Waals surface area contributed by atoms with E-state index in [9.17, 15) is 0 Å². The minimum absolute atomic E-state index is 0.327. The van der Waals surface area contributed by atoms with E-state index in [4.69, 9.17) is 16.3 Å². The van der Waals surface area contributed by atoms with Gasteiger partial charge in [0.05, 0.1) is 7.11 Å². The molecule has 0 aliphatic heterocycles. The number of hydrogen-bond acceptors (Lipinski definition) is 5. The minimum Gasteiger partial charge on any atom is -0.490 e. The third kappa shape index (κ3) is 4.02. The molecule has 1 rings (SSSR count). The molecule has 5 nitrogen and oxygen atoms in total. The summed E-state index contributed by atoms with van der Waals surface area (Å²) in [5.41, 5.74) is 0. The Balaban J connectivity index is 2.54. The van der Waals surface area contributed by atoms with Gasteiger partial charge in [-0.25, -0.2) is 9.97 Å². The molecular formula is C11H19ClN4O. The van der Waals surface area contributed by atoms with Crippen LogP contribution in [0.25, 0.3) is 0 Å². The lowest BCUT2D eigenvalue weighted by molar-refractivity contribution is 0.315. The third-order valence-electron chi connectivity index (χ3n) is 2.58. The average Bonchev–Trinajstić information content (AvgIpc) is 2.35. The number of hydrogen-bond donors (Lipinski definition) is 1. The zero-order chi connectivity index (χ0) is 12.7. The molecule has 0 spiro atoms. The summed E-state index contributed by atoms with van der Waals surface area (Å²) < 4.78 is 5.15. The highest BCUT2D eigenvalue weighted by Gasteiger charge is 2.09. The van der Waals surface area contributed by atoms with E-state index < -0.39 is 0 Å². The molecule has 1 heterocycles. The van der Waals surface area contributed by atoms with Crippen LogP contribution in [-0.4, -0.2) is 48.2 Å². The molecule has 96 valence electrons. The fourth-order valence-electron chi connectivity index (χ4n) is 1.53. The lowest BCUT2D eigenvalue weighted by Crippen LogP contribution is -2.28. The Morgan fingerprint density at radius 2 is 2.06 bits per heavy atom. The predicted octanol–water partition coefficient (Wildman–Crippen LogP) is 1.89. The highest BCUT2D eigenvalue weighted by molar-refractivity contribution is 6.31. The number of halogens is 1. The monoisotopic (exact) mass is 258 g/mol. The molecule has 0 saturated carbocycles. The largest absolute Gasteiger partial charge is 0.490 e. The standard InChI is InChI=1S/C11H19ClN4O/c1-4-16(5-2)7-6-13-11-9(17-3)10(12)14-8-15-11/h8H,4-7H2,1-3H3,(H,13,14,15). The number of rotatable bonds is 7. The zero-order valence-corrected chi connectivity index (χ0v) is 11.3. The van der Waals surface area contributed by atoms with Gasteiger partial charge in [-0.05, 0) is 13.1 Å². The molecule has 0 radical (unpaired) electrons. The fourth-order valence-corrected chi connectivity index (χ4v) is 1.74. The van der Waals surface area contributed by atoms with Gasteiger partial charge in [-0.1, -0.05) is 25.4 Å². The van der Waals surface area contributed by atoms with Crippen LogP contribution in [0.2, 0.25) is 5.15 Å². The van der Waals surface area contributed by atoms with Gasteiger partial charge < -0.3 is 15.0 Å². The van der Waals surface area contributed by atoms with Crippen molar-refractivity contribution in [2.24, 2.45) is 0 Å². The zero-order valence-electron chi connectivity index (χ0n) is 10.5. The Morgan fingerprint density at radius 1 is 1.35 bits per heavy atom. The molecule has 0 saturated heterocycles. The normalized spacial score (nSPS) is 10.6. The van der Waals surface area contributed by atoms with Crippen LogP contribution in [-0.2, 0) is 0 Å². The van der Waals surface area contributed by atoms with Crippen molar-refractivity contribution >= 4 is 17.4 Å². The first kappa shape index (κ1) is 14.0. The lowest BCUT2D eigenvalue weighted by Gasteiger charge is -2.18. The summed E-state index contributed by atoms with van der Waals surface area (Å²) in [5, 5.41) is 3.53. The Bertz CT molecular complexity index is 344. The second-order valence-electron chi connectivity index (χ2n) is 3.50. The summed E-state index contributed by atoms with van der Waals surface area (Å²) in [6.45, 7) is 8.13. The number of nitrogens with one attached hydrogen (secondary N) is 1. The van der Waals surface area contributed by atoms with Crippen LogP contribution < -0.4 is 10.1 Å². The Morgan fingerprint density at radius 3 is 2.65 bits per heavy atom. The second-order valence-corrected chi connectivity index (χ2v) is 3.86. The van der Waals surface area contributed by atoms with Crippen LogP contribution in [0.5, 0.6) is 5.75 Å². The fraction of sp³-hybridized carbons (Fsp3) is 0.636. The van der Waals surface area contributed by atoms with Gasteiger partial charge in [-0.15, -0.1) is 0 Å². The molecule has 0 aliphatic rings. The predicted molar refractivity (Wildman–Crippen MR) is 69.9 cm³/mol. The molecule has 1 N–H and O–H groups in total. The van der Waals surface area contributed by atoms with Crippen molar-refractivity contribution in [3.8, 4) is 5.75 Å². The summed E-state index contributed by atoms with van der Waals surface area (Å²) in [4.78, 5) is 10.3.